The Bertz CT molecular complexity index is 416. The van der Waals surface area contributed by atoms with Crippen molar-refractivity contribution >= 4 is 5.82 Å². The summed E-state index contributed by atoms with van der Waals surface area (Å²) in [5.41, 5.74) is -0.217. The Morgan fingerprint density at radius 1 is 1.62 bits per heavy atom. The lowest BCUT2D eigenvalue weighted by Crippen LogP contribution is -2.36. The monoisotopic (exact) mass is 223 g/mol. The zero-order valence-corrected chi connectivity index (χ0v) is 9.69. The maximum Gasteiger partial charge on any atom is 0.295 e. The number of hydrogen-bond acceptors (Lipinski definition) is 4. The number of hydrogen-bond donors (Lipinski definition) is 1. The second-order valence-corrected chi connectivity index (χ2v) is 4.28. The molecule has 0 bridgehead atoms. The lowest BCUT2D eigenvalue weighted by Gasteiger charge is -2.32. The highest BCUT2D eigenvalue weighted by Crippen LogP contribution is 2.25. The molecule has 88 valence electrons. The zero-order chi connectivity index (χ0) is 11.5. The molecular formula is C11H17N3O2. The second kappa shape index (κ2) is 4.55. The highest BCUT2D eigenvalue weighted by Gasteiger charge is 2.21. The maximum absolute atomic E-state index is 11.5. The van der Waals surface area contributed by atoms with E-state index in [0.717, 1.165) is 19.5 Å². The standard InChI is InChI=1S/C11H17N3O2/c1-8-4-3-5-14(6-8)10-9(16-2)11(15)13-7-12-10/h7-8H,3-6H2,1-2H3,(H,12,13,15). The van der Waals surface area contributed by atoms with Crippen LogP contribution >= 0.6 is 0 Å². The number of aromatic nitrogens is 2. The summed E-state index contributed by atoms with van der Waals surface area (Å²) < 4.78 is 5.12. The Morgan fingerprint density at radius 2 is 2.44 bits per heavy atom. The summed E-state index contributed by atoms with van der Waals surface area (Å²) in [6, 6.07) is 0. The van der Waals surface area contributed by atoms with Gasteiger partial charge in [-0.15, -0.1) is 0 Å². The minimum absolute atomic E-state index is 0.217. The predicted octanol–water partition coefficient (Wildman–Crippen LogP) is 1.01. The molecule has 16 heavy (non-hydrogen) atoms. The van der Waals surface area contributed by atoms with Crippen molar-refractivity contribution in [3.63, 3.8) is 0 Å². The molecule has 0 saturated carbocycles. The van der Waals surface area contributed by atoms with Crippen LogP contribution < -0.4 is 15.2 Å². The average molecular weight is 223 g/mol. The first-order chi connectivity index (χ1) is 7.72. The third-order valence-corrected chi connectivity index (χ3v) is 2.95. The fourth-order valence-electron chi connectivity index (χ4n) is 2.17. The quantitative estimate of drug-likeness (QED) is 0.813. The first-order valence-electron chi connectivity index (χ1n) is 5.59. The van der Waals surface area contributed by atoms with Crippen molar-refractivity contribution < 1.29 is 4.74 Å². The molecule has 2 rings (SSSR count). The molecule has 1 aliphatic rings. The highest BCUT2D eigenvalue weighted by atomic mass is 16.5. The van der Waals surface area contributed by atoms with Gasteiger partial charge in [0.15, 0.2) is 5.82 Å². The summed E-state index contributed by atoms with van der Waals surface area (Å²) >= 11 is 0. The lowest BCUT2D eigenvalue weighted by atomic mass is 10.0. The summed E-state index contributed by atoms with van der Waals surface area (Å²) in [5, 5.41) is 0. The SMILES string of the molecule is COc1c(N2CCCC(C)C2)nc[nH]c1=O. The number of methoxy groups -OCH3 is 1. The van der Waals surface area contributed by atoms with Crippen LogP contribution in [-0.2, 0) is 0 Å². The van der Waals surface area contributed by atoms with Gasteiger partial charge in [-0.3, -0.25) is 4.79 Å². The summed E-state index contributed by atoms with van der Waals surface area (Å²) in [6.45, 7) is 4.09. The number of H-pyrrole nitrogens is 1. The number of aromatic amines is 1. The van der Waals surface area contributed by atoms with E-state index in [9.17, 15) is 4.79 Å². The smallest absolute Gasteiger partial charge is 0.295 e. The average Bonchev–Trinajstić information content (AvgIpc) is 2.28. The van der Waals surface area contributed by atoms with Crippen LogP contribution in [0.15, 0.2) is 11.1 Å². The molecule has 1 saturated heterocycles. The van der Waals surface area contributed by atoms with E-state index in [1.165, 1.54) is 19.9 Å². The van der Waals surface area contributed by atoms with Gasteiger partial charge in [0.2, 0.25) is 5.75 Å². The molecule has 0 aliphatic carbocycles. The van der Waals surface area contributed by atoms with Gasteiger partial charge < -0.3 is 14.6 Å². The van der Waals surface area contributed by atoms with Gasteiger partial charge in [-0.05, 0) is 18.8 Å². The summed E-state index contributed by atoms with van der Waals surface area (Å²) in [5.74, 6) is 1.62. The van der Waals surface area contributed by atoms with E-state index < -0.39 is 0 Å². The minimum atomic E-state index is -0.217. The van der Waals surface area contributed by atoms with Crippen LogP contribution in [-0.4, -0.2) is 30.2 Å². The highest BCUT2D eigenvalue weighted by molar-refractivity contribution is 5.50. The molecule has 5 nitrogen and oxygen atoms in total. The van der Waals surface area contributed by atoms with Gasteiger partial charge in [0, 0.05) is 13.1 Å². The van der Waals surface area contributed by atoms with Gasteiger partial charge in [0.05, 0.1) is 13.4 Å². The third-order valence-electron chi connectivity index (χ3n) is 2.95. The van der Waals surface area contributed by atoms with Crippen LogP contribution in [0.2, 0.25) is 0 Å². The molecular weight excluding hydrogens is 206 g/mol. The fourth-order valence-corrected chi connectivity index (χ4v) is 2.17. The van der Waals surface area contributed by atoms with Crippen molar-refractivity contribution in [1.82, 2.24) is 9.97 Å². The maximum atomic E-state index is 11.5. The van der Waals surface area contributed by atoms with Gasteiger partial charge in [-0.2, -0.15) is 0 Å². The number of nitrogens with zero attached hydrogens (tertiary/aromatic N) is 2. The van der Waals surface area contributed by atoms with E-state index in [0.29, 0.717) is 17.5 Å². The Balaban J connectivity index is 2.32. The van der Waals surface area contributed by atoms with Gasteiger partial charge in [0.25, 0.3) is 5.56 Å². The number of nitrogens with one attached hydrogen (secondary N) is 1. The molecule has 2 heterocycles. The molecule has 1 aromatic rings. The van der Waals surface area contributed by atoms with Crippen LogP contribution in [0.25, 0.3) is 0 Å². The molecule has 0 aromatic carbocycles. The Kier molecular flexibility index (Phi) is 3.12. The molecule has 1 N–H and O–H groups in total. The van der Waals surface area contributed by atoms with E-state index in [1.54, 1.807) is 0 Å². The molecule has 5 heteroatoms. The minimum Gasteiger partial charge on any atom is -0.489 e. The largest absolute Gasteiger partial charge is 0.489 e. The first-order valence-corrected chi connectivity index (χ1v) is 5.59. The summed E-state index contributed by atoms with van der Waals surface area (Å²) in [6.07, 6.45) is 3.81. The van der Waals surface area contributed by atoms with E-state index in [1.807, 2.05) is 0 Å². The van der Waals surface area contributed by atoms with Gasteiger partial charge >= 0.3 is 0 Å². The Labute approximate surface area is 94.5 Å². The van der Waals surface area contributed by atoms with Crippen LogP contribution in [0.3, 0.4) is 0 Å². The first kappa shape index (κ1) is 11.0. The summed E-state index contributed by atoms with van der Waals surface area (Å²) in [4.78, 5) is 20.4. The van der Waals surface area contributed by atoms with Gasteiger partial charge in [-0.1, -0.05) is 6.92 Å². The van der Waals surface area contributed by atoms with Crippen LogP contribution in [0, 0.1) is 5.92 Å². The Hall–Kier alpha value is -1.52. The molecule has 0 radical (unpaired) electrons. The van der Waals surface area contributed by atoms with Gasteiger partial charge in [-0.25, -0.2) is 4.98 Å². The van der Waals surface area contributed by atoms with Crippen molar-refractivity contribution in [2.75, 3.05) is 25.1 Å². The molecule has 1 aromatic heterocycles. The van der Waals surface area contributed by atoms with E-state index in [-0.39, 0.29) is 5.56 Å². The second-order valence-electron chi connectivity index (χ2n) is 4.28. The zero-order valence-electron chi connectivity index (χ0n) is 9.69. The molecule has 1 unspecified atom stereocenters. The number of rotatable bonds is 2. The number of piperidine rings is 1. The van der Waals surface area contributed by atoms with E-state index in [2.05, 4.69) is 21.8 Å². The van der Waals surface area contributed by atoms with Crippen LogP contribution in [0.4, 0.5) is 5.82 Å². The van der Waals surface area contributed by atoms with Crippen molar-refractivity contribution in [2.45, 2.75) is 19.8 Å². The lowest BCUT2D eigenvalue weighted by molar-refractivity contribution is 0.396. The van der Waals surface area contributed by atoms with E-state index >= 15 is 0 Å². The molecule has 0 spiro atoms. The normalized spacial score (nSPS) is 20.9. The summed E-state index contributed by atoms with van der Waals surface area (Å²) in [7, 11) is 1.50. The Morgan fingerprint density at radius 3 is 3.12 bits per heavy atom. The number of ether oxygens (including phenoxy) is 1. The molecule has 1 aliphatic heterocycles. The van der Waals surface area contributed by atoms with Crippen molar-refractivity contribution in [1.29, 1.82) is 0 Å². The van der Waals surface area contributed by atoms with Crippen LogP contribution in [0.5, 0.6) is 5.75 Å². The number of anilines is 1. The van der Waals surface area contributed by atoms with Crippen molar-refractivity contribution in [2.24, 2.45) is 5.92 Å². The third kappa shape index (κ3) is 2.03. The molecule has 0 amide bonds. The molecule has 1 fully saturated rings. The molecule has 1 atom stereocenters. The van der Waals surface area contributed by atoms with Crippen molar-refractivity contribution in [3.8, 4) is 5.75 Å². The van der Waals surface area contributed by atoms with Gasteiger partial charge in [0.1, 0.15) is 0 Å². The van der Waals surface area contributed by atoms with Crippen LogP contribution in [0.1, 0.15) is 19.8 Å². The predicted molar refractivity (Wildman–Crippen MR) is 62.0 cm³/mol. The fraction of sp³-hybridized carbons (Fsp3) is 0.636. The topological polar surface area (TPSA) is 58.2 Å². The van der Waals surface area contributed by atoms with Crippen molar-refractivity contribution in [3.05, 3.63) is 16.7 Å². The van der Waals surface area contributed by atoms with E-state index in [4.69, 9.17) is 4.74 Å².